The normalized spacial score (nSPS) is 36.4. The van der Waals surface area contributed by atoms with E-state index >= 15 is 0 Å². The Kier molecular flexibility index (Phi) is 10.2. The summed E-state index contributed by atoms with van der Waals surface area (Å²) in [5, 5.41) is 13.7. The van der Waals surface area contributed by atoms with Crippen LogP contribution in [0.15, 0.2) is 4.79 Å². The fraction of sp³-hybridized carbons (Fsp3) is 0.844. The number of aliphatic carboxylic acids is 1. The topological polar surface area (TPSA) is 96.7 Å². The summed E-state index contributed by atoms with van der Waals surface area (Å²) in [6.07, 6.45) is 1.56. The van der Waals surface area contributed by atoms with Crippen LogP contribution in [0.5, 0.6) is 0 Å². The second-order valence-corrected chi connectivity index (χ2v) is 15.8. The van der Waals surface area contributed by atoms with Crippen LogP contribution in [-0.4, -0.2) is 92.0 Å². The number of thioether (sulfide) groups is 1. The standard InChI is InChI=1S/C32H46ClF3N4O4S/c1-17-13-23(29-28(37-17)25(16-45-29)31(42)43)22-14-20(33)3-6-27(22)44-12-11-40-18(2)38-26-5-4-21(15-24(26)30(40)41)39-9-7-19(8-10-39)32(34,35)36/h17,19-23,25,27-29,37H,3-16H2,1-2H3,(H,42,43). The molecule has 4 heterocycles. The van der Waals surface area contributed by atoms with E-state index in [1.165, 1.54) is 0 Å². The van der Waals surface area contributed by atoms with Crippen molar-refractivity contribution in [2.45, 2.75) is 119 Å². The van der Waals surface area contributed by atoms with Crippen molar-refractivity contribution >= 4 is 29.3 Å². The first kappa shape index (κ1) is 33.6. The highest BCUT2D eigenvalue weighted by Crippen LogP contribution is 2.48. The molecule has 4 fully saturated rings. The molecule has 1 aromatic heterocycles. The molecule has 1 saturated carbocycles. The minimum absolute atomic E-state index is 0.00831. The zero-order valence-corrected chi connectivity index (χ0v) is 27.7. The van der Waals surface area contributed by atoms with Crippen LogP contribution in [0.1, 0.15) is 69.0 Å². The number of fused-ring (bicyclic) bond motifs is 2. The first-order valence-electron chi connectivity index (χ1n) is 16.7. The van der Waals surface area contributed by atoms with Crippen molar-refractivity contribution < 1.29 is 27.8 Å². The van der Waals surface area contributed by atoms with Crippen molar-refractivity contribution in [2.75, 3.05) is 25.4 Å². The van der Waals surface area contributed by atoms with Crippen LogP contribution in [0.25, 0.3) is 0 Å². The molecular weight excluding hydrogens is 629 g/mol. The molecule has 9 atom stereocenters. The lowest BCUT2D eigenvalue weighted by molar-refractivity contribution is -0.186. The number of nitrogens with one attached hydrogen (secondary N) is 1. The van der Waals surface area contributed by atoms with Gasteiger partial charge in [-0.1, -0.05) is 0 Å². The molecule has 2 aliphatic carbocycles. The van der Waals surface area contributed by atoms with E-state index in [4.69, 9.17) is 21.3 Å². The molecule has 1 aromatic rings. The van der Waals surface area contributed by atoms with Gasteiger partial charge in [-0.25, -0.2) is 4.98 Å². The lowest BCUT2D eigenvalue weighted by Crippen LogP contribution is -2.57. The molecule has 13 heteroatoms. The molecule has 6 rings (SSSR count). The number of carbonyl (C=O) groups is 1. The summed E-state index contributed by atoms with van der Waals surface area (Å²) in [4.78, 5) is 32.6. The maximum Gasteiger partial charge on any atom is 0.391 e. The first-order chi connectivity index (χ1) is 21.4. The van der Waals surface area contributed by atoms with Crippen molar-refractivity contribution in [2.24, 2.45) is 23.7 Å². The van der Waals surface area contributed by atoms with Gasteiger partial charge in [-0.05, 0) is 96.6 Å². The molecule has 0 aromatic carbocycles. The third kappa shape index (κ3) is 7.10. The third-order valence-electron chi connectivity index (χ3n) is 11.3. The Morgan fingerprint density at radius 3 is 2.62 bits per heavy atom. The number of hydrogen-bond donors (Lipinski definition) is 2. The molecule has 0 spiro atoms. The van der Waals surface area contributed by atoms with Crippen molar-refractivity contribution in [3.8, 4) is 0 Å². The van der Waals surface area contributed by atoms with E-state index < -0.39 is 24.0 Å². The SMILES string of the molecule is Cc1nc2c(c(=O)n1CCOC1CCC(Cl)CC1C1CC(C)NC3C(C(=O)O)CSC13)CC(N1CCC(C(F)(F)F)CC1)CC2. The Labute approximate surface area is 272 Å². The summed E-state index contributed by atoms with van der Waals surface area (Å²) in [5.74, 6) is -0.561. The van der Waals surface area contributed by atoms with Crippen molar-refractivity contribution in [1.82, 2.24) is 19.8 Å². The Morgan fingerprint density at radius 2 is 1.91 bits per heavy atom. The lowest BCUT2D eigenvalue weighted by atomic mass is 9.70. The van der Waals surface area contributed by atoms with E-state index in [2.05, 4.69) is 17.1 Å². The number of nitrogens with zero attached hydrogens (tertiary/aromatic N) is 3. The number of likely N-dealkylation sites (tertiary alicyclic amines) is 1. The Morgan fingerprint density at radius 1 is 1.16 bits per heavy atom. The summed E-state index contributed by atoms with van der Waals surface area (Å²) in [6.45, 7) is 5.54. The number of carboxylic acids is 1. The largest absolute Gasteiger partial charge is 0.481 e. The summed E-state index contributed by atoms with van der Waals surface area (Å²) in [7, 11) is 0. The van der Waals surface area contributed by atoms with Gasteiger partial charge >= 0.3 is 12.1 Å². The van der Waals surface area contributed by atoms with Gasteiger partial charge in [0.2, 0.25) is 0 Å². The molecule has 0 radical (unpaired) electrons. The van der Waals surface area contributed by atoms with Crippen LogP contribution in [0.2, 0.25) is 0 Å². The summed E-state index contributed by atoms with van der Waals surface area (Å²) < 4.78 is 47.9. The minimum Gasteiger partial charge on any atom is -0.481 e. The predicted octanol–water partition coefficient (Wildman–Crippen LogP) is 4.66. The highest BCUT2D eigenvalue weighted by Gasteiger charge is 2.52. The molecule has 2 N–H and O–H groups in total. The molecule has 3 saturated heterocycles. The second kappa shape index (κ2) is 13.6. The van der Waals surface area contributed by atoms with Crippen LogP contribution < -0.4 is 10.9 Å². The van der Waals surface area contributed by atoms with Gasteiger partial charge in [0.1, 0.15) is 5.82 Å². The summed E-state index contributed by atoms with van der Waals surface area (Å²) in [6, 6.07) is 0.224. The molecule has 5 aliphatic rings. The zero-order chi connectivity index (χ0) is 32.0. The maximum absolute atomic E-state index is 13.8. The summed E-state index contributed by atoms with van der Waals surface area (Å²) in [5.41, 5.74) is 1.45. The van der Waals surface area contributed by atoms with E-state index in [1.54, 1.807) is 16.3 Å². The number of aromatic nitrogens is 2. The third-order valence-corrected chi connectivity index (χ3v) is 13.2. The average Bonchev–Trinajstić information content (AvgIpc) is 3.43. The summed E-state index contributed by atoms with van der Waals surface area (Å²) >= 11 is 8.48. The van der Waals surface area contributed by atoms with Crippen molar-refractivity contribution in [3.63, 3.8) is 0 Å². The van der Waals surface area contributed by atoms with E-state index in [9.17, 15) is 27.9 Å². The maximum atomic E-state index is 13.8. The van der Waals surface area contributed by atoms with Gasteiger partial charge in [-0.15, -0.1) is 11.6 Å². The van der Waals surface area contributed by atoms with E-state index in [1.807, 2.05) is 6.92 Å². The monoisotopic (exact) mass is 674 g/mol. The van der Waals surface area contributed by atoms with E-state index in [0.717, 1.165) is 37.8 Å². The van der Waals surface area contributed by atoms with Gasteiger partial charge in [0, 0.05) is 40.1 Å². The Bertz CT molecular complexity index is 1290. The first-order valence-corrected chi connectivity index (χ1v) is 18.1. The van der Waals surface area contributed by atoms with Gasteiger partial charge in [0.25, 0.3) is 5.56 Å². The molecule has 9 unspecified atom stereocenters. The number of hydrogen-bond acceptors (Lipinski definition) is 7. The molecule has 3 aliphatic heterocycles. The number of alkyl halides is 4. The predicted molar refractivity (Wildman–Crippen MR) is 168 cm³/mol. The molecule has 8 nitrogen and oxygen atoms in total. The van der Waals surface area contributed by atoms with Gasteiger partial charge in [0.05, 0.1) is 36.8 Å². The lowest BCUT2D eigenvalue weighted by Gasteiger charge is -2.47. The van der Waals surface area contributed by atoms with Crippen LogP contribution in [0.3, 0.4) is 0 Å². The number of aryl methyl sites for hydroxylation is 2. The number of ether oxygens (including phenoxy) is 1. The Balaban J connectivity index is 1.11. The number of piperidine rings is 2. The van der Waals surface area contributed by atoms with Gasteiger partial charge in [-0.2, -0.15) is 24.9 Å². The fourth-order valence-corrected chi connectivity index (χ4v) is 11.0. The quantitative estimate of drug-likeness (QED) is 0.404. The highest BCUT2D eigenvalue weighted by atomic mass is 35.5. The molecule has 0 amide bonds. The Hall–Kier alpha value is -1.34. The van der Waals surface area contributed by atoms with E-state index in [0.29, 0.717) is 62.1 Å². The van der Waals surface area contributed by atoms with Gasteiger partial charge in [-0.3, -0.25) is 14.2 Å². The van der Waals surface area contributed by atoms with Crippen molar-refractivity contribution in [1.29, 1.82) is 0 Å². The van der Waals surface area contributed by atoms with Crippen molar-refractivity contribution in [3.05, 3.63) is 27.4 Å². The minimum atomic E-state index is -4.14. The second-order valence-electron chi connectivity index (χ2n) is 14.0. The van der Waals surface area contributed by atoms with Gasteiger partial charge < -0.3 is 20.1 Å². The average molecular weight is 675 g/mol. The smallest absolute Gasteiger partial charge is 0.391 e. The number of rotatable bonds is 7. The molecule has 0 bridgehead atoms. The molecule has 252 valence electrons. The zero-order valence-electron chi connectivity index (χ0n) is 26.1. The molecular formula is C32H46ClF3N4O4S. The highest BCUT2D eigenvalue weighted by molar-refractivity contribution is 8.00. The number of halogens is 4. The fourth-order valence-electron chi connectivity index (χ4n) is 8.89. The van der Waals surface area contributed by atoms with Crippen LogP contribution in [0.4, 0.5) is 13.2 Å². The van der Waals surface area contributed by atoms with Gasteiger partial charge in [0.15, 0.2) is 0 Å². The van der Waals surface area contributed by atoms with Crippen LogP contribution in [-0.2, 0) is 28.9 Å². The van der Waals surface area contributed by atoms with Crippen LogP contribution in [0, 0.1) is 30.6 Å². The molecule has 45 heavy (non-hydrogen) atoms. The van der Waals surface area contributed by atoms with E-state index in [-0.39, 0.29) is 59.2 Å². The number of carboxylic acid groups (broad SMARTS) is 1. The van der Waals surface area contributed by atoms with Crippen LogP contribution >= 0.6 is 23.4 Å².